The molecule has 1 unspecified atom stereocenters. The number of amides is 1. The van der Waals surface area contributed by atoms with E-state index in [2.05, 4.69) is 18.9 Å². The van der Waals surface area contributed by atoms with Gasteiger partial charge in [-0.25, -0.2) is 5.01 Å². The molecule has 1 aliphatic rings. The summed E-state index contributed by atoms with van der Waals surface area (Å²) in [6, 6.07) is 0.413. The summed E-state index contributed by atoms with van der Waals surface area (Å²) in [5.74, 6) is 0.210. The second kappa shape index (κ2) is 4.75. The number of hydrogen-bond donors (Lipinski definition) is 1. The Hall–Kier alpha value is -0.610. The van der Waals surface area contributed by atoms with Crippen molar-refractivity contribution in [1.29, 1.82) is 0 Å². The largest absolute Gasteiger partial charge is 0.326 e. The van der Waals surface area contributed by atoms with Crippen molar-refractivity contribution in [3.05, 3.63) is 0 Å². The Bertz CT molecular complexity index is 204. The van der Waals surface area contributed by atoms with Gasteiger partial charge in [0.1, 0.15) is 0 Å². The maximum absolute atomic E-state index is 11.7. The highest BCUT2D eigenvalue weighted by Gasteiger charge is 2.27. The third-order valence-corrected chi connectivity index (χ3v) is 2.43. The molecule has 1 heterocycles. The fraction of sp³-hybridized carbons (Fsp3) is 0.900. The maximum atomic E-state index is 11.7. The quantitative estimate of drug-likeness (QED) is 0.723. The zero-order valence-corrected chi connectivity index (χ0v) is 9.36. The van der Waals surface area contributed by atoms with Crippen molar-refractivity contribution in [2.75, 3.05) is 13.1 Å². The highest BCUT2D eigenvalue weighted by molar-refractivity contribution is 5.76. The molecule has 0 saturated carbocycles. The van der Waals surface area contributed by atoms with Crippen LogP contribution in [-0.2, 0) is 4.79 Å². The molecule has 0 spiro atoms. The number of nitrogens with zero attached hydrogens (tertiary/aromatic N) is 2. The Balaban J connectivity index is 2.66. The molecule has 1 saturated heterocycles. The van der Waals surface area contributed by atoms with Crippen LogP contribution in [0.4, 0.5) is 0 Å². The molecule has 0 aromatic rings. The van der Waals surface area contributed by atoms with Crippen LogP contribution >= 0.6 is 0 Å². The molecule has 0 aromatic carbocycles. The summed E-state index contributed by atoms with van der Waals surface area (Å²) in [5, 5.41) is 3.94. The lowest BCUT2D eigenvalue weighted by atomic mass is 10.2. The third kappa shape index (κ3) is 2.69. The van der Waals surface area contributed by atoms with Crippen molar-refractivity contribution in [1.82, 2.24) is 10.0 Å². The first-order valence-electron chi connectivity index (χ1n) is 5.35. The van der Waals surface area contributed by atoms with Gasteiger partial charge in [-0.1, -0.05) is 0 Å². The van der Waals surface area contributed by atoms with Crippen molar-refractivity contribution in [2.24, 2.45) is 5.73 Å². The Labute approximate surface area is 86.0 Å². The van der Waals surface area contributed by atoms with E-state index in [4.69, 9.17) is 5.73 Å². The van der Waals surface area contributed by atoms with Gasteiger partial charge in [0, 0.05) is 25.0 Å². The summed E-state index contributed by atoms with van der Waals surface area (Å²) in [6.07, 6.45) is 1.63. The summed E-state index contributed by atoms with van der Waals surface area (Å²) in [7, 11) is 0. The third-order valence-electron chi connectivity index (χ3n) is 2.43. The molecule has 1 fully saturated rings. The van der Waals surface area contributed by atoms with Crippen LogP contribution in [-0.4, -0.2) is 41.1 Å². The van der Waals surface area contributed by atoms with Crippen LogP contribution in [0, 0.1) is 0 Å². The summed E-state index contributed by atoms with van der Waals surface area (Å²) < 4.78 is 0. The lowest BCUT2D eigenvalue weighted by Crippen LogP contribution is -2.56. The number of rotatable bonds is 3. The number of carbonyl (C=O) groups excluding carboxylic acids is 1. The van der Waals surface area contributed by atoms with Crippen LogP contribution < -0.4 is 5.73 Å². The predicted octanol–water partition coefficient (Wildman–Crippen LogP) is 0.581. The maximum Gasteiger partial charge on any atom is 0.236 e. The summed E-state index contributed by atoms with van der Waals surface area (Å²) in [6.45, 7) is 7.74. The van der Waals surface area contributed by atoms with Crippen LogP contribution in [0.2, 0.25) is 0 Å². The Kier molecular flexibility index (Phi) is 3.89. The van der Waals surface area contributed by atoms with E-state index in [0.29, 0.717) is 19.0 Å². The van der Waals surface area contributed by atoms with E-state index in [1.54, 1.807) is 0 Å². The number of hydrogen-bond acceptors (Lipinski definition) is 3. The summed E-state index contributed by atoms with van der Waals surface area (Å²) in [4.78, 5) is 11.7. The zero-order chi connectivity index (χ0) is 10.7. The van der Waals surface area contributed by atoms with Crippen molar-refractivity contribution < 1.29 is 4.79 Å². The van der Waals surface area contributed by atoms with Gasteiger partial charge in [0.2, 0.25) is 5.91 Å². The molecular formula is C10H21N3O. The number of nitrogens with two attached hydrogens (primary N) is 1. The van der Waals surface area contributed by atoms with Crippen LogP contribution in [0.15, 0.2) is 0 Å². The minimum absolute atomic E-state index is 0.0401. The van der Waals surface area contributed by atoms with Crippen molar-refractivity contribution >= 4 is 5.91 Å². The molecule has 0 aromatic heterocycles. The van der Waals surface area contributed by atoms with Crippen molar-refractivity contribution in [2.45, 2.75) is 45.7 Å². The topological polar surface area (TPSA) is 49.6 Å². The molecule has 82 valence electrons. The normalized spacial score (nSPS) is 21.8. The molecule has 4 nitrogen and oxygen atoms in total. The second-order valence-electron chi connectivity index (χ2n) is 4.31. The van der Waals surface area contributed by atoms with Gasteiger partial charge in [-0.05, 0) is 27.2 Å². The smallest absolute Gasteiger partial charge is 0.236 e. The monoisotopic (exact) mass is 199 g/mol. The number of hydrazine groups is 1. The molecule has 1 amide bonds. The highest BCUT2D eigenvalue weighted by atomic mass is 16.2. The van der Waals surface area contributed by atoms with Crippen LogP contribution in [0.3, 0.4) is 0 Å². The molecule has 1 atom stereocenters. The SMILES string of the molecule is CC(N)CN1C(=O)CCCN1C(C)C. The Morgan fingerprint density at radius 2 is 2.07 bits per heavy atom. The van der Waals surface area contributed by atoms with Gasteiger partial charge in [-0.15, -0.1) is 0 Å². The second-order valence-corrected chi connectivity index (χ2v) is 4.31. The van der Waals surface area contributed by atoms with Crippen LogP contribution in [0.25, 0.3) is 0 Å². The lowest BCUT2D eigenvalue weighted by Gasteiger charge is -2.41. The Morgan fingerprint density at radius 3 is 2.57 bits per heavy atom. The molecular weight excluding hydrogens is 178 g/mol. The molecule has 0 bridgehead atoms. The highest BCUT2D eigenvalue weighted by Crippen LogP contribution is 2.15. The minimum atomic E-state index is 0.0401. The molecule has 4 heteroatoms. The lowest BCUT2D eigenvalue weighted by molar-refractivity contribution is -0.160. The van der Waals surface area contributed by atoms with Crippen LogP contribution in [0.1, 0.15) is 33.6 Å². The predicted molar refractivity (Wildman–Crippen MR) is 56.4 cm³/mol. The van der Waals surface area contributed by atoms with Gasteiger partial charge in [0.05, 0.1) is 6.54 Å². The summed E-state index contributed by atoms with van der Waals surface area (Å²) >= 11 is 0. The van der Waals surface area contributed by atoms with Gasteiger partial charge in [-0.3, -0.25) is 9.80 Å². The number of carbonyl (C=O) groups is 1. The van der Waals surface area contributed by atoms with Gasteiger partial charge < -0.3 is 5.73 Å². The van der Waals surface area contributed by atoms with E-state index in [1.807, 2.05) is 11.9 Å². The van der Waals surface area contributed by atoms with Crippen molar-refractivity contribution in [3.8, 4) is 0 Å². The Morgan fingerprint density at radius 1 is 1.43 bits per heavy atom. The minimum Gasteiger partial charge on any atom is -0.326 e. The molecule has 0 aliphatic carbocycles. The molecule has 1 aliphatic heterocycles. The average Bonchev–Trinajstić information content (AvgIpc) is 2.07. The van der Waals surface area contributed by atoms with Crippen molar-refractivity contribution in [3.63, 3.8) is 0 Å². The fourth-order valence-electron chi connectivity index (χ4n) is 1.80. The van der Waals surface area contributed by atoms with Crippen LogP contribution in [0.5, 0.6) is 0 Å². The first-order valence-corrected chi connectivity index (χ1v) is 5.35. The van der Waals surface area contributed by atoms with E-state index in [-0.39, 0.29) is 11.9 Å². The van der Waals surface area contributed by atoms with Gasteiger partial charge in [0.25, 0.3) is 0 Å². The fourth-order valence-corrected chi connectivity index (χ4v) is 1.80. The molecule has 14 heavy (non-hydrogen) atoms. The van der Waals surface area contributed by atoms with E-state index in [0.717, 1.165) is 13.0 Å². The van der Waals surface area contributed by atoms with E-state index in [9.17, 15) is 4.79 Å². The average molecular weight is 199 g/mol. The first kappa shape index (κ1) is 11.5. The van der Waals surface area contributed by atoms with E-state index in [1.165, 1.54) is 0 Å². The van der Waals surface area contributed by atoms with Gasteiger partial charge in [-0.2, -0.15) is 0 Å². The molecule has 2 N–H and O–H groups in total. The zero-order valence-electron chi connectivity index (χ0n) is 9.36. The molecule has 0 radical (unpaired) electrons. The van der Waals surface area contributed by atoms with Gasteiger partial charge in [0.15, 0.2) is 0 Å². The van der Waals surface area contributed by atoms with Gasteiger partial charge >= 0.3 is 0 Å². The van der Waals surface area contributed by atoms with E-state index >= 15 is 0 Å². The molecule has 1 rings (SSSR count). The first-order chi connectivity index (χ1) is 6.52. The standard InChI is InChI=1S/C10H21N3O/c1-8(2)12-6-4-5-10(14)13(12)7-9(3)11/h8-9H,4-7,11H2,1-3H3. The van der Waals surface area contributed by atoms with E-state index < -0.39 is 0 Å². The summed E-state index contributed by atoms with van der Waals surface area (Å²) in [5.41, 5.74) is 5.73.